The number of amides is 1. The van der Waals surface area contributed by atoms with Crippen LogP contribution in [0.15, 0.2) is 64.3 Å². The Morgan fingerprint density at radius 2 is 1.88 bits per heavy atom. The summed E-state index contributed by atoms with van der Waals surface area (Å²) in [5.41, 5.74) is 3.58. The first-order chi connectivity index (χ1) is 16.6. The minimum absolute atomic E-state index is 0.0883. The van der Waals surface area contributed by atoms with Gasteiger partial charge in [0.05, 0.1) is 18.2 Å². The second kappa shape index (κ2) is 9.77. The number of carbonyl (C=O) groups is 1. The van der Waals surface area contributed by atoms with Crippen molar-refractivity contribution in [1.29, 1.82) is 0 Å². The molecule has 0 aliphatic carbocycles. The van der Waals surface area contributed by atoms with Gasteiger partial charge in [0.25, 0.3) is 5.91 Å². The van der Waals surface area contributed by atoms with Gasteiger partial charge in [-0.2, -0.15) is 4.98 Å². The SMILES string of the molecule is CO/N=C1\CC(c2noc(C3CCCN(C)C3)n2)N(C(=O)c2ccc(-c3ccccc3)cc2)C1. The quantitative estimate of drug-likeness (QED) is 0.534. The maximum atomic E-state index is 13.5. The summed E-state index contributed by atoms with van der Waals surface area (Å²) in [4.78, 5) is 27.3. The van der Waals surface area contributed by atoms with Gasteiger partial charge in [-0.1, -0.05) is 52.8 Å². The summed E-state index contributed by atoms with van der Waals surface area (Å²) in [6.45, 7) is 2.36. The van der Waals surface area contributed by atoms with Crippen molar-refractivity contribution < 1.29 is 14.2 Å². The zero-order valence-corrected chi connectivity index (χ0v) is 19.6. The van der Waals surface area contributed by atoms with Crippen LogP contribution >= 0.6 is 0 Å². The van der Waals surface area contributed by atoms with Crippen LogP contribution in [-0.2, 0) is 4.84 Å². The number of benzene rings is 2. The van der Waals surface area contributed by atoms with Crippen molar-refractivity contribution in [2.45, 2.75) is 31.2 Å². The number of aromatic nitrogens is 2. The van der Waals surface area contributed by atoms with Crippen LogP contribution in [0, 0.1) is 0 Å². The molecule has 8 nitrogen and oxygen atoms in total. The van der Waals surface area contributed by atoms with Crippen molar-refractivity contribution in [2.24, 2.45) is 5.16 Å². The molecule has 3 heterocycles. The van der Waals surface area contributed by atoms with Gasteiger partial charge in [0, 0.05) is 18.5 Å². The van der Waals surface area contributed by atoms with E-state index in [2.05, 4.69) is 34.4 Å². The minimum atomic E-state index is -0.339. The fourth-order valence-electron chi connectivity index (χ4n) is 4.86. The lowest BCUT2D eigenvalue weighted by atomic mass is 9.98. The monoisotopic (exact) mass is 459 g/mol. The number of hydrogen-bond acceptors (Lipinski definition) is 7. The van der Waals surface area contributed by atoms with Crippen LogP contribution in [0.2, 0.25) is 0 Å². The number of carbonyl (C=O) groups excluding carboxylic acids is 1. The van der Waals surface area contributed by atoms with Gasteiger partial charge in [0.1, 0.15) is 13.2 Å². The third-order valence-electron chi connectivity index (χ3n) is 6.61. The highest BCUT2D eigenvalue weighted by Gasteiger charge is 2.38. The molecule has 2 unspecified atom stereocenters. The summed E-state index contributed by atoms with van der Waals surface area (Å²) in [6, 6.07) is 17.5. The molecule has 176 valence electrons. The van der Waals surface area contributed by atoms with Gasteiger partial charge in [-0.25, -0.2) is 0 Å². The zero-order chi connectivity index (χ0) is 23.5. The predicted molar refractivity (Wildman–Crippen MR) is 128 cm³/mol. The molecule has 34 heavy (non-hydrogen) atoms. The first-order valence-corrected chi connectivity index (χ1v) is 11.7. The Morgan fingerprint density at radius 3 is 2.62 bits per heavy atom. The van der Waals surface area contributed by atoms with E-state index in [-0.39, 0.29) is 17.9 Å². The van der Waals surface area contributed by atoms with Gasteiger partial charge in [0.2, 0.25) is 5.89 Å². The number of oxime groups is 1. The normalized spacial score (nSPS) is 22.3. The molecule has 3 aromatic rings. The Kier molecular flexibility index (Phi) is 6.40. The average Bonchev–Trinajstić information content (AvgIpc) is 3.52. The highest BCUT2D eigenvalue weighted by atomic mass is 16.6. The molecule has 5 rings (SSSR count). The number of hydrogen-bond donors (Lipinski definition) is 0. The molecule has 2 aliphatic heterocycles. The Balaban J connectivity index is 1.38. The van der Waals surface area contributed by atoms with Gasteiger partial charge in [0.15, 0.2) is 5.82 Å². The van der Waals surface area contributed by atoms with Crippen molar-refractivity contribution >= 4 is 11.6 Å². The molecule has 2 fully saturated rings. The van der Waals surface area contributed by atoms with Crippen LogP contribution in [0.3, 0.4) is 0 Å². The second-order valence-corrected chi connectivity index (χ2v) is 9.03. The summed E-state index contributed by atoms with van der Waals surface area (Å²) >= 11 is 0. The van der Waals surface area contributed by atoms with E-state index >= 15 is 0 Å². The molecule has 1 aromatic heterocycles. The third kappa shape index (κ3) is 4.59. The van der Waals surface area contributed by atoms with Crippen molar-refractivity contribution in [2.75, 3.05) is 33.8 Å². The first-order valence-electron chi connectivity index (χ1n) is 11.7. The molecule has 2 saturated heterocycles. The molecule has 0 bridgehead atoms. The van der Waals surface area contributed by atoms with E-state index < -0.39 is 0 Å². The van der Waals surface area contributed by atoms with Gasteiger partial charge >= 0.3 is 0 Å². The van der Waals surface area contributed by atoms with E-state index in [9.17, 15) is 4.79 Å². The van der Waals surface area contributed by atoms with E-state index in [0.29, 0.717) is 30.2 Å². The van der Waals surface area contributed by atoms with Crippen LogP contribution in [-0.4, -0.2) is 65.4 Å². The zero-order valence-electron chi connectivity index (χ0n) is 19.6. The molecule has 2 aromatic carbocycles. The van der Waals surface area contributed by atoms with Crippen molar-refractivity contribution in [3.05, 3.63) is 71.9 Å². The predicted octanol–water partition coefficient (Wildman–Crippen LogP) is 4.14. The number of likely N-dealkylation sites (tertiary alicyclic amines) is 2. The van der Waals surface area contributed by atoms with Crippen LogP contribution in [0.1, 0.15) is 53.3 Å². The third-order valence-corrected chi connectivity index (χ3v) is 6.61. The lowest BCUT2D eigenvalue weighted by molar-refractivity contribution is 0.0732. The molecule has 0 spiro atoms. The van der Waals surface area contributed by atoms with Crippen LogP contribution in [0.4, 0.5) is 0 Å². The molecule has 0 N–H and O–H groups in total. The summed E-state index contributed by atoms with van der Waals surface area (Å²) < 4.78 is 5.66. The van der Waals surface area contributed by atoms with Crippen molar-refractivity contribution in [3.63, 3.8) is 0 Å². The van der Waals surface area contributed by atoms with Crippen molar-refractivity contribution in [3.8, 4) is 11.1 Å². The van der Waals surface area contributed by atoms with Gasteiger partial charge in [-0.15, -0.1) is 0 Å². The number of likely N-dealkylation sites (N-methyl/N-ethyl adjacent to an activating group) is 1. The Labute approximate surface area is 199 Å². The lowest BCUT2D eigenvalue weighted by Gasteiger charge is -2.27. The Bertz CT molecular complexity index is 1160. The van der Waals surface area contributed by atoms with Gasteiger partial charge in [-0.05, 0) is 49.7 Å². The van der Waals surface area contributed by atoms with E-state index in [0.717, 1.165) is 42.8 Å². The van der Waals surface area contributed by atoms with Crippen LogP contribution in [0.5, 0.6) is 0 Å². The molecule has 0 radical (unpaired) electrons. The number of nitrogens with zero attached hydrogens (tertiary/aromatic N) is 5. The van der Waals surface area contributed by atoms with Gasteiger partial charge < -0.3 is 19.2 Å². The Hall–Kier alpha value is -3.52. The smallest absolute Gasteiger partial charge is 0.254 e. The second-order valence-electron chi connectivity index (χ2n) is 9.03. The summed E-state index contributed by atoms with van der Waals surface area (Å²) in [5.74, 6) is 1.31. The molecule has 1 amide bonds. The molecule has 2 atom stereocenters. The molecular formula is C26H29N5O3. The largest absolute Gasteiger partial charge is 0.399 e. The van der Waals surface area contributed by atoms with Crippen LogP contribution < -0.4 is 0 Å². The van der Waals surface area contributed by atoms with E-state index in [1.165, 1.54) is 7.11 Å². The highest BCUT2D eigenvalue weighted by molar-refractivity contribution is 6.00. The molecule has 2 aliphatic rings. The summed E-state index contributed by atoms with van der Waals surface area (Å²) in [6.07, 6.45) is 2.66. The average molecular weight is 460 g/mol. The number of rotatable bonds is 5. The first kappa shape index (κ1) is 22.3. The maximum Gasteiger partial charge on any atom is 0.254 e. The lowest BCUT2D eigenvalue weighted by Crippen LogP contribution is -2.32. The van der Waals surface area contributed by atoms with E-state index in [1.54, 1.807) is 4.90 Å². The fourth-order valence-corrected chi connectivity index (χ4v) is 4.86. The van der Waals surface area contributed by atoms with Crippen LogP contribution in [0.25, 0.3) is 11.1 Å². The van der Waals surface area contributed by atoms with E-state index in [4.69, 9.17) is 14.3 Å². The fraction of sp³-hybridized carbons (Fsp3) is 0.385. The maximum absolute atomic E-state index is 13.5. The van der Waals surface area contributed by atoms with Gasteiger partial charge in [-0.3, -0.25) is 4.79 Å². The topological polar surface area (TPSA) is 84.1 Å². The Morgan fingerprint density at radius 1 is 1.12 bits per heavy atom. The van der Waals surface area contributed by atoms with Crippen molar-refractivity contribution in [1.82, 2.24) is 19.9 Å². The minimum Gasteiger partial charge on any atom is -0.399 e. The molecule has 0 saturated carbocycles. The summed E-state index contributed by atoms with van der Waals surface area (Å²) in [5, 5.41) is 8.39. The highest BCUT2D eigenvalue weighted by Crippen LogP contribution is 2.33. The van der Waals surface area contributed by atoms with E-state index in [1.807, 2.05) is 42.5 Å². The molecule has 8 heteroatoms. The summed E-state index contributed by atoms with van der Waals surface area (Å²) in [7, 11) is 3.62. The number of piperidine rings is 1. The standard InChI is InChI=1S/C26H29N5O3/c1-30-14-6-9-21(16-30)25-27-24(29-34-25)23-15-22(28-33-2)17-31(23)26(32)20-12-10-19(11-13-20)18-7-4-3-5-8-18/h3-5,7-8,10-13,21,23H,6,9,14-17H2,1-2H3/b28-22+. The molecular weight excluding hydrogens is 430 g/mol.